The molecule has 9 nitrogen and oxygen atoms in total. The van der Waals surface area contributed by atoms with Gasteiger partial charge in [0.15, 0.2) is 0 Å². The Morgan fingerprint density at radius 3 is 2.26 bits per heavy atom. The summed E-state index contributed by atoms with van der Waals surface area (Å²) in [6.07, 6.45) is 5.16. The van der Waals surface area contributed by atoms with Gasteiger partial charge in [-0.2, -0.15) is 8.42 Å². The summed E-state index contributed by atoms with van der Waals surface area (Å²) >= 11 is 18.3. The first-order valence-corrected chi connectivity index (χ1v) is 13.3. The fourth-order valence-corrected chi connectivity index (χ4v) is 4.38. The summed E-state index contributed by atoms with van der Waals surface area (Å²) < 4.78 is 37.9. The number of hydrogen-bond donors (Lipinski definition) is 3. The number of ether oxygens (including phenoxy) is 1. The summed E-state index contributed by atoms with van der Waals surface area (Å²) in [6, 6.07) is 15.5. The molecular formula is C25H21Cl3N2O7S. The number of aromatic carboxylic acids is 1. The van der Waals surface area contributed by atoms with Crippen LogP contribution in [0.4, 0.5) is 0 Å². The number of phenols is 1. The van der Waals surface area contributed by atoms with Gasteiger partial charge in [-0.1, -0.05) is 53.0 Å². The molecule has 1 atom stereocenters. The number of carboxylic acids is 1. The number of aromatic hydroxyl groups is 1. The van der Waals surface area contributed by atoms with Gasteiger partial charge in [0.25, 0.3) is 10.1 Å². The molecule has 4 rings (SSSR count). The highest BCUT2D eigenvalue weighted by Gasteiger charge is 2.18. The van der Waals surface area contributed by atoms with E-state index in [2.05, 4.69) is 4.98 Å². The third-order valence-corrected chi connectivity index (χ3v) is 6.77. The Morgan fingerprint density at radius 1 is 1.00 bits per heavy atom. The second-order valence-electron chi connectivity index (χ2n) is 7.81. The largest absolute Gasteiger partial charge is 0.507 e. The summed E-state index contributed by atoms with van der Waals surface area (Å²) in [6.45, 7) is 1.06. The number of aromatic nitrogens is 2. The lowest BCUT2D eigenvalue weighted by atomic mass is 10.1. The van der Waals surface area contributed by atoms with Crippen molar-refractivity contribution in [3.63, 3.8) is 0 Å². The number of carboxylic acid groups (broad SMARTS) is 1. The summed E-state index contributed by atoms with van der Waals surface area (Å²) in [5.41, 5.74) is 1.35. The fourth-order valence-electron chi connectivity index (χ4n) is 3.21. The van der Waals surface area contributed by atoms with Crippen LogP contribution in [0.25, 0.3) is 0 Å². The van der Waals surface area contributed by atoms with Crippen molar-refractivity contribution in [1.82, 2.24) is 9.55 Å². The molecule has 38 heavy (non-hydrogen) atoms. The number of halogens is 3. The number of hydrogen-bond acceptors (Lipinski definition) is 6. The van der Waals surface area contributed by atoms with Gasteiger partial charge in [-0.15, -0.1) is 0 Å². The first-order chi connectivity index (χ1) is 17.9. The van der Waals surface area contributed by atoms with Crippen molar-refractivity contribution < 1.29 is 32.7 Å². The monoisotopic (exact) mass is 598 g/mol. The molecule has 0 fully saturated rings. The number of rotatable bonds is 8. The van der Waals surface area contributed by atoms with E-state index in [0.717, 1.165) is 23.3 Å². The zero-order valence-corrected chi connectivity index (χ0v) is 22.5. The van der Waals surface area contributed by atoms with Crippen LogP contribution in [0.5, 0.6) is 5.75 Å². The maximum atomic E-state index is 10.6. The van der Waals surface area contributed by atoms with Gasteiger partial charge >= 0.3 is 5.97 Å². The van der Waals surface area contributed by atoms with Crippen molar-refractivity contribution in [2.24, 2.45) is 0 Å². The van der Waals surface area contributed by atoms with Crippen LogP contribution in [0.3, 0.4) is 0 Å². The Morgan fingerprint density at radius 2 is 1.68 bits per heavy atom. The molecule has 4 aromatic rings. The molecule has 3 N–H and O–H groups in total. The smallest absolute Gasteiger partial charge is 0.339 e. The maximum absolute atomic E-state index is 10.6. The summed E-state index contributed by atoms with van der Waals surface area (Å²) in [5.74, 6) is -2.04. The van der Waals surface area contributed by atoms with E-state index < -0.39 is 32.3 Å². The predicted octanol–water partition coefficient (Wildman–Crippen LogP) is 6.14. The molecule has 0 spiro atoms. The Labute approximate surface area is 233 Å². The van der Waals surface area contributed by atoms with E-state index in [4.69, 9.17) is 54.3 Å². The number of nitrogens with zero attached hydrogens (tertiary/aromatic N) is 2. The van der Waals surface area contributed by atoms with Crippen molar-refractivity contribution in [3.05, 3.63) is 111 Å². The molecule has 1 aromatic heterocycles. The Bertz CT molecular complexity index is 1500. The van der Waals surface area contributed by atoms with E-state index in [0.29, 0.717) is 34.3 Å². The average molecular weight is 600 g/mol. The van der Waals surface area contributed by atoms with Gasteiger partial charge in [0.05, 0.1) is 24.4 Å². The lowest BCUT2D eigenvalue weighted by Crippen LogP contribution is -2.12. The molecule has 0 saturated heterocycles. The molecule has 13 heteroatoms. The Hall–Kier alpha value is -3.12. The van der Waals surface area contributed by atoms with Crippen LogP contribution in [0.2, 0.25) is 15.1 Å². The van der Waals surface area contributed by atoms with Crippen molar-refractivity contribution in [3.8, 4) is 5.75 Å². The second kappa shape index (κ2) is 13.1. The van der Waals surface area contributed by atoms with Crippen LogP contribution in [-0.4, -0.2) is 38.7 Å². The van der Waals surface area contributed by atoms with Crippen LogP contribution in [-0.2, 0) is 28.0 Å². The lowest BCUT2D eigenvalue weighted by Gasteiger charge is -2.20. The van der Waals surface area contributed by atoms with E-state index in [1.807, 2.05) is 47.2 Å². The minimum absolute atomic E-state index is 0.223. The van der Waals surface area contributed by atoms with Gasteiger partial charge in [-0.3, -0.25) is 4.55 Å². The molecule has 0 aliphatic carbocycles. The van der Waals surface area contributed by atoms with E-state index in [1.54, 1.807) is 18.6 Å². The SMILES string of the molecule is Clc1ccc(CO[C@@H](Cn2ccnc2)c2ccc(Cl)cc2Cl)cc1.O=C(O)c1cc(S(=O)(=O)O)ccc1O. The third kappa shape index (κ3) is 8.45. The first kappa shape index (κ1) is 29.4. The third-order valence-electron chi connectivity index (χ3n) is 5.11. The molecule has 0 bridgehead atoms. The number of benzene rings is 3. The molecule has 0 unspecified atom stereocenters. The molecule has 0 amide bonds. The van der Waals surface area contributed by atoms with Crippen molar-refractivity contribution in [2.75, 3.05) is 0 Å². The highest BCUT2D eigenvalue weighted by molar-refractivity contribution is 7.85. The maximum Gasteiger partial charge on any atom is 0.339 e. The van der Waals surface area contributed by atoms with Crippen LogP contribution in [0.1, 0.15) is 27.6 Å². The average Bonchev–Trinajstić information content (AvgIpc) is 3.36. The van der Waals surface area contributed by atoms with Gasteiger partial charge < -0.3 is 19.5 Å². The minimum atomic E-state index is -4.45. The van der Waals surface area contributed by atoms with E-state index in [-0.39, 0.29) is 6.10 Å². The normalized spacial score (nSPS) is 11.9. The standard InChI is InChI=1S/C18H15Cl3N2O.C7H6O6S/c19-14-3-1-13(2-4-14)11-24-18(10-23-8-7-22-12-23)16-6-5-15(20)9-17(16)21;8-6-2-1-4(14(11,12)13)3-5(6)7(9)10/h1-9,12,18H,10-11H2;1-3,8H,(H,9,10)(H,11,12,13)/t18-;/m0./s1. The van der Waals surface area contributed by atoms with Crippen LogP contribution >= 0.6 is 34.8 Å². The summed E-state index contributed by atoms with van der Waals surface area (Å²) in [4.78, 5) is 14.0. The van der Waals surface area contributed by atoms with Crippen LogP contribution < -0.4 is 0 Å². The first-order valence-electron chi connectivity index (χ1n) is 10.7. The fraction of sp³-hybridized carbons (Fsp3) is 0.120. The Kier molecular flexibility index (Phi) is 10.1. The van der Waals surface area contributed by atoms with Crippen LogP contribution in [0.15, 0.2) is 84.3 Å². The highest BCUT2D eigenvalue weighted by atomic mass is 35.5. The highest BCUT2D eigenvalue weighted by Crippen LogP contribution is 2.30. The molecule has 200 valence electrons. The number of carbonyl (C=O) groups is 1. The lowest BCUT2D eigenvalue weighted by molar-refractivity contribution is 0.0280. The topological polar surface area (TPSA) is 139 Å². The molecule has 0 saturated carbocycles. The van der Waals surface area contributed by atoms with Gasteiger partial charge in [-0.05, 0) is 48.0 Å². The Balaban J connectivity index is 0.000000244. The second-order valence-corrected chi connectivity index (χ2v) is 10.5. The molecule has 0 aliphatic rings. The summed E-state index contributed by atoms with van der Waals surface area (Å²) in [7, 11) is -4.45. The van der Waals surface area contributed by atoms with Gasteiger partial charge in [-0.25, -0.2) is 9.78 Å². The van der Waals surface area contributed by atoms with Gasteiger partial charge in [0.1, 0.15) is 17.4 Å². The van der Waals surface area contributed by atoms with E-state index in [1.165, 1.54) is 0 Å². The molecule has 0 radical (unpaired) electrons. The molecule has 3 aromatic carbocycles. The van der Waals surface area contributed by atoms with Crippen molar-refractivity contribution in [1.29, 1.82) is 0 Å². The van der Waals surface area contributed by atoms with Gasteiger partial charge in [0, 0.05) is 33.0 Å². The minimum Gasteiger partial charge on any atom is -0.507 e. The quantitative estimate of drug-likeness (QED) is 0.205. The van der Waals surface area contributed by atoms with Crippen molar-refractivity contribution in [2.45, 2.75) is 24.2 Å². The zero-order chi connectivity index (χ0) is 27.9. The van der Waals surface area contributed by atoms with Gasteiger partial charge in [0.2, 0.25) is 0 Å². The molecule has 1 heterocycles. The molecule has 0 aliphatic heterocycles. The van der Waals surface area contributed by atoms with E-state index in [9.17, 15) is 13.2 Å². The van der Waals surface area contributed by atoms with Crippen molar-refractivity contribution >= 4 is 50.9 Å². The summed E-state index contributed by atoms with van der Waals surface area (Å²) in [5, 5.41) is 19.4. The zero-order valence-electron chi connectivity index (χ0n) is 19.4. The predicted molar refractivity (Wildman–Crippen MR) is 143 cm³/mol. The van der Waals surface area contributed by atoms with Crippen LogP contribution in [0, 0.1) is 0 Å². The van der Waals surface area contributed by atoms with E-state index >= 15 is 0 Å². The number of imidazole rings is 1. The molecular weight excluding hydrogens is 579 g/mol.